The molecule has 1 aromatic carbocycles. The SMILES string of the molecule is Cc1sc2ncnc(N3CCCC(C)C3)c2c1C(=O)Nc1cc(F)c(F)cc1F. The van der Waals surface area contributed by atoms with Crippen LogP contribution in [-0.4, -0.2) is 29.0 Å². The second kappa shape index (κ2) is 7.62. The Morgan fingerprint density at radius 2 is 1.97 bits per heavy atom. The number of hydrogen-bond donors (Lipinski definition) is 1. The van der Waals surface area contributed by atoms with Crippen molar-refractivity contribution in [2.75, 3.05) is 23.3 Å². The highest BCUT2D eigenvalue weighted by atomic mass is 32.1. The number of carbonyl (C=O) groups is 1. The van der Waals surface area contributed by atoms with E-state index in [9.17, 15) is 18.0 Å². The third-order valence-corrected chi connectivity index (χ3v) is 6.10. The third-order valence-electron chi connectivity index (χ3n) is 5.09. The number of rotatable bonds is 3. The van der Waals surface area contributed by atoms with Crippen LogP contribution >= 0.6 is 11.3 Å². The average molecular weight is 420 g/mol. The molecule has 1 aliphatic heterocycles. The quantitative estimate of drug-likeness (QED) is 0.612. The van der Waals surface area contributed by atoms with Gasteiger partial charge >= 0.3 is 0 Å². The Morgan fingerprint density at radius 3 is 2.72 bits per heavy atom. The number of hydrogen-bond acceptors (Lipinski definition) is 5. The minimum atomic E-state index is -1.31. The van der Waals surface area contributed by atoms with Crippen molar-refractivity contribution in [3.63, 3.8) is 0 Å². The second-order valence-electron chi connectivity index (χ2n) is 7.30. The first kappa shape index (κ1) is 19.6. The highest BCUT2D eigenvalue weighted by molar-refractivity contribution is 7.19. The van der Waals surface area contributed by atoms with E-state index in [4.69, 9.17) is 0 Å². The van der Waals surface area contributed by atoms with Gasteiger partial charge < -0.3 is 10.2 Å². The summed E-state index contributed by atoms with van der Waals surface area (Å²) in [7, 11) is 0. The van der Waals surface area contributed by atoms with Gasteiger partial charge in [-0.05, 0) is 25.7 Å². The Hall–Kier alpha value is -2.68. The zero-order valence-corrected chi connectivity index (χ0v) is 16.7. The molecule has 2 aromatic heterocycles. The number of carbonyl (C=O) groups excluding carboxylic acids is 1. The van der Waals surface area contributed by atoms with Crippen molar-refractivity contribution >= 4 is 39.0 Å². The van der Waals surface area contributed by atoms with Crippen LogP contribution < -0.4 is 10.2 Å². The van der Waals surface area contributed by atoms with E-state index in [0.717, 1.165) is 25.9 Å². The van der Waals surface area contributed by atoms with Gasteiger partial charge in [0.2, 0.25) is 0 Å². The van der Waals surface area contributed by atoms with Crippen LogP contribution in [0, 0.1) is 30.3 Å². The zero-order chi connectivity index (χ0) is 20.7. The zero-order valence-electron chi connectivity index (χ0n) is 15.9. The molecule has 5 nitrogen and oxygen atoms in total. The molecule has 1 N–H and O–H groups in total. The summed E-state index contributed by atoms with van der Waals surface area (Å²) < 4.78 is 40.7. The number of nitrogens with zero attached hydrogens (tertiary/aromatic N) is 3. The number of halogens is 3. The van der Waals surface area contributed by atoms with Crippen LogP contribution in [-0.2, 0) is 0 Å². The Morgan fingerprint density at radius 1 is 1.21 bits per heavy atom. The maximum absolute atomic E-state index is 14.0. The fraction of sp³-hybridized carbons (Fsp3) is 0.350. The largest absolute Gasteiger partial charge is 0.356 e. The Balaban J connectivity index is 1.76. The number of aryl methyl sites for hydroxylation is 1. The number of benzene rings is 1. The topological polar surface area (TPSA) is 58.1 Å². The first-order valence-corrected chi connectivity index (χ1v) is 10.1. The van der Waals surface area contributed by atoms with Crippen LogP contribution in [0.1, 0.15) is 35.0 Å². The number of aromatic nitrogens is 2. The van der Waals surface area contributed by atoms with Crippen LogP contribution in [0.25, 0.3) is 10.2 Å². The van der Waals surface area contributed by atoms with Crippen molar-refractivity contribution < 1.29 is 18.0 Å². The minimum Gasteiger partial charge on any atom is -0.356 e. The maximum Gasteiger partial charge on any atom is 0.257 e. The normalized spacial score (nSPS) is 17.0. The van der Waals surface area contributed by atoms with Crippen LogP contribution in [0.3, 0.4) is 0 Å². The monoisotopic (exact) mass is 420 g/mol. The Labute approximate surface area is 169 Å². The van der Waals surface area contributed by atoms with Crippen molar-refractivity contribution in [1.82, 2.24) is 9.97 Å². The fourth-order valence-corrected chi connectivity index (χ4v) is 4.71. The predicted octanol–water partition coefficient (Wildman–Crippen LogP) is 4.91. The first-order chi connectivity index (χ1) is 13.8. The summed E-state index contributed by atoms with van der Waals surface area (Å²) in [5.41, 5.74) is -0.0967. The summed E-state index contributed by atoms with van der Waals surface area (Å²) in [4.78, 5) is 25.2. The molecule has 1 fully saturated rings. The first-order valence-electron chi connectivity index (χ1n) is 9.30. The summed E-state index contributed by atoms with van der Waals surface area (Å²) in [6.07, 6.45) is 3.64. The van der Waals surface area contributed by atoms with Gasteiger partial charge in [-0.3, -0.25) is 4.79 Å². The van der Waals surface area contributed by atoms with Gasteiger partial charge in [-0.1, -0.05) is 6.92 Å². The molecule has 1 aliphatic rings. The van der Waals surface area contributed by atoms with E-state index < -0.39 is 29.0 Å². The lowest BCUT2D eigenvalue weighted by Crippen LogP contribution is -2.35. The number of nitrogens with one attached hydrogen (secondary N) is 1. The molecule has 0 saturated carbocycles. The molecule has 0 bridgehead atoms. The van der Waals surface area contributed by atoms with Gasteiger partial charge in [0, 0.05) is 30.1 Å². The van der Waals surface area contributed by atoms with E-state index in [1.807, 2.05) is 0 Å². The van der Waals surface area contributed by atoms with Gasteiger partial charge in [-0.25, -0.2) is 23.1 Å². The van der Waals surface area contributed by atoms with Crippen molar-refractivity contribution in [3.8, 4) is 0 Å². The van der Waals surface area contributed by atoms with E-state index in [-0.39, 0.29) is 0 Å². The Kier molecular flexibility index (Phi) is 5.16. The van der Waals surface area contributed by atoms with E-state index >= 15 is 0 Å². The van der Waals surface area contributed by atoms with Crippen LogP contribution in [0.4, 0.5) is 24.7 Å². The summed E-state index contributed by atoms with van der Waals surface area (Å²) in [5.74, 6) is -3.04. The second-order valence-corrected chi connectivity index (χ2v) is 8.51. The van der Waals surface area contributed by atoms with Gasteiger partial charge in [-0.2, -0.15) is 0 Å². The van der Waals surface area contributed by atoms with Crippen molar-refractivity contribution in [2.24, 2.45) is 5.92 Å². The molecule has 3 aromatic rings. The lowest BCUT2D eigenvalue weighted by atomic mass is 10.00. The highest BCUT2D eigenvalue weighted by Gasteiger charge is 2.26. The standard InChI is InChI=1S/C20H19F3N4OS/c1-10-4-3-5-27(8-10)18-17-16(11(2)29-20(17)25-9-24-18)19(28)26-15-7-13(22)12(21)6-14(15)23/h6-7,9-10H,3-5,8H2,1-2H3,(H,26,28). The maximum atomic E-state index is 14.0. The predicted molar refractivity (Wildman–Crippen MR) is 107 cm³/mol. The highest BCUT2D eigenvalue weighted by Crippen LogP contribution is 2.37. The van der Waals surface area contributed by atoms with E-state index in [2.05, 4.69) is 27.1 Å². The fourth-order valence-electron chi connectivity index (χ4n) is 3.73. The molecule has 0 aliphatic carbocycles. The summed E-state index contributed by atoms with van der Waals surface area (Å²) in [6, 6.07) is 1.05. The Bertz CT molecular complexity index is 1100. The molecule has 0 radical (unpaired) electrons. The van der Waals surface area contributed by atoms with Crippen molar-refractivity contribution in [3.05, 3.63) is 46.4 Å². The van der Waals surface area contributed by atoms with E-state index in [1.54, 1.807) is 6.92 Å². The molecule has 1 saturated heterocycles. The summed E-state index contributed by atoms with van der Waals surface area (Å²) in [5, 5.41) is 2.97. The molecular weight excluding hydrogens is 401 g/mol. The van der Waals surface area contributed by atoms with E-state index in [1.165, 1.54) is 17.7 Å². The number of anilines is 2. The van der Waals surface area contributed by atoms with Crippen LogP contribution in [0.15, 0.2) is 18.5 Å². The van der Waals surface area contributed by atoms with Crippen LogP contribution in [0.5, 0.6) is 0 Å². The number of piperidine rings is 1. The van der Waals surface area contributed by atoms with Crippen LogP contribution in [0.2, 0.25) is 0 Å². The number of amides is 1. The minimum absolute atomic E-state index is 0.322. The number of thiophene rings is 1. The molecule has 1 atom stereocenters. The molecule has 3 heterocycles. The lowest BCUT2D eigenvalue weighted by molar-refractivity contribution is 0.102. The summed E-state index contributed by atoms with van der Waals surface area (Å²) >= 11 is 1.34. The molecule has 1 unspecified atom stereocenters. The molecule has 1 amide bonds. The lowest BCUT2D eigenvalue weighted by Gasteiger charge is -2.32. The molecule has 4 rings (SSSR count). The number of fused-ring (bicyclic) bond motifs is 1. The van der Waals surface area contributed by atoms with Gasteiger partial charge in [-0.15, -0.1) is 11.3 Å². The van der Waals surface area contributed by atoms with Crippen molar-refractivity contribution in [2.45, 2.75) is 26.7 Å². The smallest absolute Gasteiger partial charge is 0.257 e. The molecule has 152 valence electrons. The summed E-state index contributed by atoms with van der Waals surface area (Å²) in [6.45, 7) is 5.58. The van der Waals surface area contributed by atoms with Crippen molar-refractivity contribution in [1.29, 1.82) is 0 Å². The van der Waals surface area contributed by atoms with Gasteiger partial charge in [0.25, 0.3) is 5.91 Å². The van der Waals surface area contributed by atoms with Gasteiger partial charge in [0.05, 0.1) is 16.6 Å². The van der Waals surface area contributed by atoms with Gasteiger partial charge in [0.15, 0.2) is 11.6 Å². The van der Waals surface area contributed by atoms with Gasteiger partial charge in [0.1, 0.15) is 22.8 Å². The molecular formula is C20H19F3N4OS. The average Bonchev–Trinajstić information content (AvgIpc) is 3.02. The molecule has 0 spiro atoms. The third kappa shape index (κ3) is 3.66. The molecule has 29 heavy (non-hydrogen) atoms. The van der Waals surface area contributed by atoms with E-state index in [0.29, 0.717) is 44.5 Å². The molecule has 9 heteroatoms.